The van der Waals surface area contributed by atoms with Gasteiger partial charge in [0.2, 0.25) is 0 Å². The smallest absolute Gasteiger partial charge is 0.268 e. The first-order valence-corrected chi connectivity index (χ1v) is 9.49. The molecule has 0 aliphatic rings. The Hall–Kier alpha value is -2.99. The van der Waals surface area contributed by atoms with Crippen LogP contribution in [0.5, 0.6) is 5.75 Å². The monoisotopic (exact) mass is 380 g/mol. The van der Waals surface area contributed by atoms with Crippen LogP contribution in [-0.2, 0) is 13.1 Å². The van der Waals surface area contributed by atoms with Crippen LogP contribution in [0.15, 0.2) is 59.2 Å². The molecule has 0 spiro atoms. The number of furan rings is 1. The first-order chi connectivity index (χ1) is 13.1. The van der Waals surface area contributed by atoms with E-state index in [0.29, 0.717) is 18.8 Å². The fourth-order valence-corrected chi connectivity index (χ4v) is 4.11. The molecule has 6 heteroatoms. The summed E-state index contributed by atoms with van der Waals surface area (Å²) in [6, 6.07) is 15.7. The minimum Gasteiger partial charge on any atom is -0.497 e. The van der Waals surface area contributed by atoms with Crippen molar-refractivity contribution in [3.63, 3.8) is 0 Å². The second-order valence-corrected chi connectivity index (χ2v) is 7.62. The second kappa shape index (κ2) is 7.32. The Morgan fingerprint density at radius 2 is 2.11 bits per heavy atom. The van der Waals surface area contributed by atoms with Gasteiger partial charge < -0.3 is 19.0 Å². The first-order valence-electron chi connectivity index (χ1n) is 8.67. The number of hydrogen-bond acceptors (Lipinski definition) is 4. The van der Waals surface area contributed by atoms with E-state index in [1.807, 2.05) is 42.5 Å². The van der Waals surface area contributed by atoms with Crippen LogP contribution in [0, 0.1) is 6.92 Å². The molecule has 0 radical (unpaired) electrons. The van der Waals surface area contributed by atoms with E-state index < -0.39 is 0 Å². The van der Waals surface area contributed by atoms with Crippen molar-refractivity contribution in [1.82, 2.24) is 9.88 Å². The van der Waals surface area contributed by atoms with E-state index in [1.54, 1.807) is 24.7 Å². The van der Waals surface area contributed by atoms with Crippen molar-refractivity contribution in [2.75, 3.05) is 7.11 Å². The lowest BCUT2D eigenvalue weighted by atomic mass is 10.2. The summed E-state index contributed by atoms with van der Waals surface area (Å²) < 4.78 is 13.8. The zero-order valence-electron chi connectivity index (χ0n) is 15.2. The van der Waals surface area contributed by atoms with Crippen LogP contribution in [0.3, 0.4) is 0 Å². The van der Waals surface area contributed by atoms with Crippen LogP contribution in [0.1, 0.15) is 26.7 Å². The van der Waals surface area contributed by atoms with Crippen molar-refractivity contribution >= 4 is 27.5 Å². The number of thiophene rings is 1. The molecule has 0 atom stereocenters. The third-order valence-electron chi connectivity index (χ3n) is 4.42. The van der Waals surface area contributed by atoms with Crippen molar-refractivity contribution in [2.45, 2.75) is 20.0 Å². The van der Waals surface area contributed by atoms with E-state index in [1.165, 1.54) is 4.88 Å². The van der Waals surface area contributed by atoms with Crippen LogP contribution in [-0.4, -0.2) is 17.6 Å². The lowest BCUT2D eigenvalue weighted by molar-refractivity contribution is 0.0939. The number of ether oxygens (including phenoxy) is 1. The molecular formula is C21H20N2O3S. The molecule has 0 aliphatic carbocycles. The van der Waals surface area contributed by atoms with Crippen molar-refractivity contribution in [1.29, 1.82) is 0 Å². The van der Waals surface area contributed by atoms with Gasteiger partial charge in [0.1, 0.15) is 17.2 Å². The molecule has 4 aromatic rings. The molecule has 0 saturated heterocycles. The molecule has 5 nitrogen and oxygen atoms in total. The van der Waals surface area contributed by atoms with Crippen LogP contribution in [0.2, 0.25) is 0 Å². The lowest BCUT2D eigenvalue weighted by Gasteiger charge is -2.11. The summed E-state index contributed by atoms with van der Waals surface area (Å²) in [5.74, 6) is 1.42. The summed E-state index contributed by atoms with van der Waals surface area (Å²) in [7, 11) is 1.66. The lowest BCUT2D eigenvalue weighted by Crippen LogP contribution is -2.25. The highest BCUT2D eigenvalue weighted by molar-refractivity contribution is 7.19. The van der Waals surface area contributed by atoms with Gasteiger partial charge in [0.25, 0.3) is 5.91 Å². The van der Waals surface area contributed by atoms with E-state index in [2.05, 4.69) is 22.9 Å². The number of methoxy groups -OCH3 is 1. The molecular weight excluding hydrogens is 360 g/mol. The van der Waals surface area contributed by atoms with Crippen molar-refractivity contribution in [2.24, 2.45) is 0 Å². The summed E-state index contributed by atoms with van der Waals surface area (Å²) in [4.78, 5) is 14.1. The van der Waals surface area contributed by atoms with Gasteiger partial charge in [0, 0.05) is 11.4 Å². The summed E-state index contributed by atoms with van der Waals surface area (Å²) in [6.45, 7) is 3.04. The highest BCUT2D eigenvalue weighted by Gasteiger charge is 2.18. The number of carbonyl (C=O) groups excluding carboxylic acids is 1. The molecule has 0 unspecified atom stereocenters. The predicted octanol–water partition coefficient (Wildman–Crippen LogP) is 4.59. The Kier molecular flexibility index (Phi) is 4.73. The Bertz CT molecular complexity index is 1080. The van der Waals surface area contributed by atoms with Gasteiger partial charge in [0.15, 0.2) is 0 Å². The fourth-order valence-electron chi connectivity index (χ4n) is 3.15. The number of hydrogen-bond donors (Lipinski definition) is 1. The standard InChI is InChI=1S/C21H20N2O3S/c1-14-9-18-20(27-14)11-19(21(24)22-12-17-7-4-8-26-17)23(18)13-15-5-3-6-16(10-15)25-2/h3-11H,12-13H2,1-2H3,(H,22,24). The van der Waals surface area contributed by atoms with Crippen LogP contribution in [0.4, 0.5) is 0 Å². The van der Waals surface area contributed by atoms with Gasteiger partial charge in [-0.15, -0.1) is 11.3 Å². The molecule has 0 saturated carbocycles. The average molecular weight is 380 g/mol. The maximum absolute atomic E-state index is 12.8. The Morgan fingerprint density at radius 1 is 1.22 bits per heavy atom. The first kappa shape index (κ1) is 17.4. The molecule has 1 aromatic carbocycles. The highest BCUT2D eigenvalue weighted by Crippen LogP contribution is 2.30. The van der Waals surface area contributed by atoms with E-state index in [0.717, 1.165) is 27.3 Å². The minimum atomic E-state index is -0.115. The third kappa shape index (κ3) is 3.61. The molecule has 3 heterocycles. The van der Waals surface area contributed by atoms with Crippen LogP contribution in [0.25, 0.3) is 10.2 Å². The number of nitrogens with zero attached hydrogens (tertiary/aromatic N) is 1. The zero-order chi connectivity index (χ0) is 18.8. The predicted molar refractivity (Wildman–Crippen MR) is 107 cm³/mol. The molecule has 1 N–H and O–H groups in total. The van der Waals surface area contributed by atoms with E-state index in [9.17, 15) is 4.79 Å². The summed E-state index contributed by atoms with van der Waals surface area (Å²) in [5, 5.41) is 2.94. The highest BCUT2D eigenvalue weighted by atomic mass is 32.1. The molecule has 27 heavy (non-hydrogen) atoms. The van der Waals surface area contributed by atoms with Gasteiger partial charge in [0.05, 0.1) is 30.1 Å². The second-order valence-electron chi connectivity index (χ2n) is 6.34. The normalized spacial score (nSPS) is 11.0. The number of aromatic nitrogens is 1. The summed E-state index contributed by atoms with van der Waals surface area (Å²) in [6.07, 6.45) is 1.60. The van der Waals surface area contributed by atoms with Gasteiger partial charge in [-0.2, -0.15) is 0 Å². The number of nitrogens with one attached hydrogen (secondary N) is 1. The van der Waals surface area contributed by atoms with Gasteiger partial charge in [-0.1, -0.05) is 12.1 Å². The molecule has 0 fully saturated rings. The van der Waals surface area contributed by atoms with Crippen molar-refractivity contribution in [3.05, 3.63) is 76.7 Å². The van der Waals surface area contributed by atoms with Crippen LogP contribution >= 0.6 is 11.3 Å². The molecule has 1 amide bonds. The number of amides is 1. The average Bonchev–Trinajstić information content (AvgIpc) is 3.38. The third-order valence-corrected chi connectivity index (χ3v) is 5.41. The Balaban J connectivity index is 1.66. The number of benzene rings is 1. The van der Waals surface area contributed by atoms with E-state index in [4.69, 9.17) is 9.15 Å². The van der Waals surface area contributed by atoms with Gasteiger partial charge in [-0.05, 0) is 48.9 Å². The number of carbonyl (C=O) groups is 1. The number of aryl methyl sites for hydroxylation is 1. The van der Waals surface area contributed by atoms with Crippen molar-refractivity contribution in [3.8, 4) is 5.75 Å². The summed E-state index contributed by atoms with van der Waals surface area (Å²) >= 11 is 1.69. The largest absolute Gasteiger partial charge is 0.497 e. The van der Waals surface area contributed by atoms with E-state index in [-0.39, 0.29) is 5.91 Å². The van der Waals surface area contributed by atoms with Crippen LogP contribution < -0.4 is 10.1 Å². The minimum absolute atomic E-state index is 0.115. The SMILES string of the molecule is COc1cccc(Cn2c(C(=O)NCc3ccco3)cc3sc(C)cc32)c1. The maximum atomic E-state index is 12.8. The number of fused-ring (bicyclic) bond motifs is 1. The molecule has 138 valence electrons. The topological polar surface area (TPSA) is 56.4 Å². The fraction of sp³-hybridized carbons (Fsp3) is 0.190. The molecule has 0 bridgehead atoms. The Morgan fingerprint density at radius 3 is 2.89 bits per heavy atom. The quantitative estimate of drug-likeness (QED) is 0.532. The van der Waals surface area contributed by atoms with Gasteiger partial charge in [-0.25, -0.2) is 0 Å². The number of rotatable bonds is 6. The van der Waals surface area contributed by atoms with E-state index >= 15 is 0 Å². The molecule has 4 rings (SSSR count). The summed E-state index contributed by atoms with van der Waals surface area (Å²) in [5.41, 5.74) is 2.80. The maximum Gasteiger partial charge on any atom is 0.268 e. The van der Waals surface area contributed by atoms with Crippen molar-refractivity contribution < 1.29 is 13.9 Å². The zero-order valence-corrected chi connectivity index (χ0v) is 16.0. The van der Waals surface area contributed by atoms with Gasteiger partial charge in [-0.3, -0.25) is 4.79 Å². The molecule has 0 aliphatic heterocycles. The van der Waals surface area contributed by atoms with Gasteiger partial charge >= 0.3 is 0 Å². The molecule has 3 aromatic heterocycles. The Labute approximate surface area is 161 Å².